The Kier molecular flexibility index (Phi) is 6.60. The third kappa shape index (κ3) is 4.99. The first-order chi connectivity index (χ1) is 14.0. The second-order valence-corrected chi connectivity index (χ2v) is 7.26. The van der Waals surface area contributed by atoms with E-state index in [1.54, 1.807) is 18.2 Å². The van der Waals surface area contributed by atoms with E-state index < -0.39 is 17.8 Å². The molecule has 1 aliphatic heterocycles. The molecule has 29 heavy (non-hydrogen) atoms. The molecule has 0 aromatic heterocycles. The van der Waals surface area contributed by atoms with Crippen molar-refractivity contribution in [1.82, 2.24) is 5.32 Å². The number of rotatable bonds is 9. The van der Waals surface area contributed by atoms with Crippen molar-refractivity contribution < 1.29 is 19.1 Å². The van der Waals surface area contributed by atoms with E-state index in [9.17, 15) is 14.4 Å². The summed E-state index contributed by atoms with van der Waals surface area (Å²) in [7, 11) is 0. The maximum Gasteiger partial charge on any atom is 0.310 e. The van der Waals surface area contributed by atoms with Crippen LogP contribution < -0.4 is 5.32 Å². The van der Waals surface area contributed by atoms with E-state index in [0.29, 0.717) is 11.1 Å². The molecule has 1 aliphatic rings. The SMILES string of the molecule is C=CCCCCc1ccc(COC(=O)Cc2cccc3c2C(=O)NC3=O)c(C)c1. The van der Waals surface area contributed by atoms with Crippen LogP contribution in [0, 0.1) is 6.92 Å². The monoisotopic (exact) mass is 391 g/mol. The van der Waals surface area contributed by atoms with Crippen LogP contribution in [0.4, 0.5) is 0 Å². The Hall–Kier alpha value is -3.21. The van der Waals surface area contributed by atoms with Crippen molar-refractivity contribution in [2.45, 2.75) is 45.6 Å². The Morgan fingerprint density at radius 1 is 1.10 bits per heavy atom. The summed E-state index contributed by atoms with van der Waals surface area (Å²) >= 11 is 0. The third-order valence-electron chi connectivity index (χ3n) is 5.10. The molecular weight excluding hydrogens is 366 g/mol. The van der Waals surface area contributed by atoms with Gasteiger partial charge in [0.15, 0.2) is 0 Å². The first kappa shape index (κ1) is 20.5. The summed E-state index contributed by atoms with van der Waals surface area (Å²) in [6.07, 6.45) is 6.20. The van der Waals surface area contributed by atoms with Gasteiger partial charge in [-0.15, -0.1) is 6.58 Å². The highest BCUT2D eigenvalue weighted by molar-refractivity contribution is 6.22. The number of hydrogen-bond donors (Lipinski definition) is 1. The molecular formula is C24H25NO4. The number of allylic oxidation sites excluding steroid dienone is 1. The van der Waals surface area contributed by atoms with Crippen LogP contribution in [0.15, 0.2) is 49.1 Å². The zero-order valence-electron chi connectivity index (χ0n) is 16.6. The van der Waals surface area contributed by atoms with Crippen molar-refractivity contribution in [3.63, 3.8) is 0 Å². The van der Waals surface area contributed by atoms with Gasteiger partial charge in [-0.05, 0) is 60.9 Å². The lowest BCUT2D eigenvalue weighted by molar-refractivity contribution is -0.144. The Labute approximate surface area is 170 Å². The van der Waals surface area contributed by atoms with Gasteiger partial charge >= 0.3 is 5.97 Å². The number of carbonyl (C=O) groups excluding carboxylic acids is 3. The molecule has 1 N–H and O–H groups in total. The zero-order chi connectivity index (χ0) is 20.8. The Bertz CT molecular complexity index is 961. The van der Waals surface area contributed by atoms with Crippen molar-refractivity contribution in [1.29, 1.82) is 0 Å². The number of fused-ring (bicyclic) bond motifs is 1. The molecule has 2 amide bonds. The zero-order valence-corrected chi connectivity index (χ0v) is 16.6. The molecule has 2 aromatic carbocycles. The molecule has 3 rings (SSSR count). The summed E-state index contributed by atoms with van der Waals surface area (Å²) in [5.41, 5.74) is 4.40. The summed E-state index contributed by atoms with van der Waals surface area (Å²) in [5, 5.41) is 2.25. The van der Waals surface area contributed by atoms with E-state index in [1.807, 2.05) is 19.1 Å². The molecule has 2 aromatic rings. The molecule has 1 heterocycles. The number of carbonyl (C=O) groups is 3. The highest BCUT2D eigenvalue weighted by Crippen LogP contribution is 2.21. The molecule has 0 saturated heterocycles. The predicted octanol–water partition coefficient (Wildman–Crippen LogP) is 4.06. The van der Waals surface area contributed by atoms with Gasteiger partial charge in [0.25, 0.3) is 11.8 Å². The number of nitrogens with one attached hydrogen (secondary N) is 1. The highest BCUT2D eigenvalue weighted by atomic mass is 16.5. The minimum atomic E-state index is -0.465. The molecule has 0 radical (unpaired) electrons. The van der Waals surface area contributed by atoms with Crippen molar-refractivity contribution in [3.8, 4) is 0 Å². The number of unbranched alkanes of at least 4 members (excludes halogenated alkanes) is 2. The summed E-state index contributed by atoms with van der Waals surface area (Å²) < 4.78 is 5.42. The van der Waals surface area contributed by atoms with Crippen LogP contribution in [-0.4, -0.2) is 17.8 Å². The topological polar surface area (TPSA) is 72.5 Å². The van der Waals surface area contributed by atoms with Gasteiger partial charge in [-0.1, -0.05) is 36.4 Å². The van der Waals surface area contributed by atoms with E-state index in [0.717, 1.165) is 36.8 Å². The van der Waals surface area contributed by atoms with Gasteiger partial charge < -0.3 is 4.74 Å². The number of imide groups is 1. The van der Waals surface area contributed by atoms with Gasteiger partial charge in [-0.2, -0.15) is 0 Å². The predicted molar refractivity (Wildman–Crippen MR) is 111 cm³/mol. The number of benzene rings is 2. The minimum Gasteiger partial charge on any atom is -0.461 e. The fourth-order valence-corrected chi connectivity index (χ4v) is 3.50. The molecule has 0 spiro atoms. The standard InChI is InChI=1S/C24H25NO4/c1-3-4-5-6-8-17-11-12-19(16(2)13-17)15-29-21(26)14-18-9-7-10-20-22(18)24(28)25-23(20)27/h3,7,9-13H,1,4-6,8,14-15H2,2H3,(H,25,27,28). The van der Waals surface area contributed by atoms with Gasteiger partial charge in [0.05, 0.1) is 17.5 Å². The Morgan fingerprint density at radius 2 is 1.93 bits per heavy atom. The van der Waals surface area contributed by atoms with E-state index in [1.165, 1.54) is 5.56 Å². The molecule has 0 atom stereocenters. The second-order valence-electron chi connectivity index (χ2n) is 7.26. The van der Waals surface area contributed by atoms with Gasteiger partial charge in [0, 0.05) is 0 Å². The maximum absolute atomic E-state index is 12.3. The lowest BCUT2D eigenvalue weighted by Crippen LogP contribution is -2.20. The van der Waals surface area contributed by atoms with Crippen LogP contribution in [0.1, 0.15) is 62.2 Å². The fourth-order valence-electron chi connectivity index (χ4n) is 3.50. The number of hydrogen-bond acceptors (Lipinski definition) is 4. The van der Waals surface area contributed by atoms with Crippen molar-refractivity contribution in [2.24, 2.45) is 0 Å². The lowest BCUT2D eigenvalue weighted by Gasteiger charge is -2.10. The summed E-state index contributed by atoms with van der Waals surface area (Å²) in [6.45, 7) is 5.93. The molecule has 0 unspecified atom stereocenters. The Balaban J connectivity index is 1.57. The lowest BCUT2D eigenvalue weighted by atomic mass is 10.0. The normalized spacial score (nSPS) is 12.4. The molecule has 5 heteroatoms. The van der Waals surface area contributed by atoms with Gasteiger partial charge in [-0.3, -0.25) is 19.7 Å². The average molecular weight is 391 g/mol. The smallest absolute Gasteiger partial charge is 0.310 e. The van der Waals surface area contributed by atoms with Gasteiger partial charge in [0.1, 0.15) is 6.61 Å². The van der Waals surface area contributed by atoms with E-state index in [-0.39, 0.29) is 18.6 Å². The number of amides is 2. The van der Waals surface area contributed by atoms with Crippen molar-refractivity contribution in [3.05, 3.63) is 82.4 Å². The molecule has 0 bridgehead atoms. The van der Waals surface area contributed by atoms with Crippen LogP contribution in [0.25, 0.3) is 0 Å². The quantitative estimate of drug-likeness (QED) is 0.303. The number of ether oxygens (including phenoxy) is 1. The van der Waals surface area contributed by atoms with Crippen LogP contribution >= 0.6 is 0 Å². The number of esters is 1. The van der Waals surface area contributed by atoms with Crippen LogP contribution in [0.2, 0.25) is 0 Å². The van der Waals surface area contributed by atoms with Crippen LogP contribution in [0.3, 0.4) is 0 Å². The summed E-state index contributed by atoms with van der Waals surface area (Å²) in [4.78, 5) is 36.0. The molecule has 0 fully saturated rings. The van der Waals surface area contributed by atoms with Crippen molar-refractivity contribution >= 4 is 17.8 Å². The molecule has 150 valence electrons. The van der Waals surface area contributed by atoms with Crippen LogP contribution in [-0.2, 0) is 29.0 Å². The highest BCUT2D eigenvalue weighted by Gasteiger charge is 2.29. The third-order valence-corrected chi connectivity index (χ3v) is 5.10. The largest absolute Gasteiger partial charge is 0.461 e. The van der Waals surface area contributed by atoms with E-state index in [4.69, 9.17) is 4.74 Å². The number of aryl methyl sites for hydroxylation is 2. The first-order valence-corrected chi connectivity index (χ1v) is 9.82. The van der Waals surface area contributed by atoms with Gasteiger partial charge in [0.2, 0.25) is 0 Å². The molecule has 5 nitrogen and oxygen atoms in total. The average Bonchev–Trinajstić information content (AvgIpc) is 2.99. The van der Waals surface area contributed by atoms with Gasteiger partial charge in [-0.25, -0.2) is 0 Å². The second kappa shape index (κ2) is 9.32. The van der Waals surface area contributed by atoms with E-state index >= 15 is 0 Å². The van der Waals surface area contributed by atoms with Crippen LogP contribution in [0.5, 0.6) is 0 Å². The van der Waals surface area contributed by atoms with E-state index in [2.05, 4.69) is 24.0 Å². The van der Waals surface area contributed by atoms with Crippen molar-refractivity contribution in [2.75, 3.05) is 0 Å². The fraction of sp³-hybridized carbons (Fsp3) is 0.292. The molecule has 0 aliphatic carbocycles. The minimum absolute atomic E-state index is 0.0513. The first-order valence-electron chi connectivity index (χ1n) is 9.82. The maximum atomic E-state index is 12.3. The Morgan fingerprint density at radius 3 is 2.69 bits per heavy atom. The summed E-state index contributed by atoms with van der Waals surface area (Å²) in [6, 6.07) is 11.1. The molecule has 0 saturated carbocycles. The summed E-state index contributed by atoms with van der Waals surface area (Å²) in [5.74, 6) is -1.33.